The lowest BCUT2D eigenvalue weighted by Gasteiger charge is -2.40. The summed E-state index contributed by atoms with van der Waals surface area (Å²) in [5.41, 5.74) is 0. The number of aliphatic hydroxyl groups excluding tert-OH is 7. The molecule has 0 aromatic heterocycles. The minimum absolute atomic E-state index is 0.247. The van der Waals surface area contributed by atoms with Gasteiger partial charge in [0.25, 0.3) is 0 Å². The molecule has 0 aromatic rings. The maximum absolute atomic E-state index is 13.0. The summed E-state index contributed by atoms with van der Waals surface area (Å²) in [7, 11) is 0. The Morgan fingerprint density at radius 2 is 1.00 bits per heavy atom. The molecule has 1 aliphatic rings. The van der Waals surface area contributed by atoms with E-state index >= 15 is 0 Å². The molecule has 0 radical (unpaired) electrons. The summed E-state index contributed by atoms with van der Waals surface area (Å²) in [4.78, 5) is 13.0. The van der Waals surface area contributed by atoms with Crippen LogP contribution in [0, 0.1) is 0 Å². The molecular weight excluding hydrogens is 739 g/mol. The number of rotatable bonds is 40. The first-order valence-electron chi connectivity index (χ1n) is 24.1. The fourth-order valence-corrected chi connectivity index (χ4v) is 7.79. The number of ether oxygens (including phenoxy) is 2. The van der Waals surface area contributed by atoms with Crippen LogP contribution in [0.2, 0.25) is 0 Å². The predicted octanol–water partition coefficient (Wildman–Crippen LogP) is 8.06. The molecule has 8 N–H and O–H groups in total. The first-order chi connectivity index (χ1) is 28.2. The number of amides is 1. The van der Waals surface area contributed by atoms with E-state index in [1.54, 1.807) is 0 Å². The van der Waals surface area contributed by atoms with Crippen LogP contribution in [0.15, 0.2) is 12.2 Å². The summed E-state index contributed by atoms with van der Waals surface area (Å²) >= 11 is 0. The van der Waals surface area contributed by atoms with Crippen LogP contribution in [0.25, 0.3) is 0 Å². The van der Waals surface area contributed by atoms with Crippen LogP contribution in [0.4, 0.5) is 0 Å². The smallest absolute Gasteiger partial charge is 0.249 e. The molecule has 11 heteroatoms. The summed E-state index contributed by atoms with van der Waals surface area (Å²) in [5, 5.41) is 75.6. The minimum atomic E-state index is -1.66. The van der Waals surface area contributed by atoms with Gasteiger partial charge in [-0.05, 0) is 38.5 Å². The van der Waals surface area contributed by atoms with E-state index in [9.17, 15) is 40.5 Å². The molecule has 9 atom stereocenters. The molecule has 0 saturated carbocycles. The second kappa shape index (κ2) is 37.6. The van der Waals surface area contributed by atoms with Crippen molar-refractivity contribution in [3.05, 3.63) is 12.2 Å². The molecule has 0 bridgehead atoms. The number of hydrogen-bond acceptors (Lipinski definition) is 10. The molecule has 0 aliphatic carbocycles. The molecule has 1 amide bonds. The Kier molecular flexibility index (Phi) is 35.6. The maximum atomic E-state index is 13.0. The third kappa shape index (κ3) is 26.9. The van der Waals surface area contributed by atoms with Crippen molar-refractivity contribution >= 4 is 5.91 Å². The fourth-order valence-electron chi connectivity index (χ4n) is 7.79. The predicted molar refractivity (Wildman–Crippen MR) is 233 cm³/mol. The molecular formula is C47H91NO10. The van der Waals surface area contributed by atoms with Crippen molar-refractivity contribution in [3.8, 4) is 0 Å². The number of allylic oxidation sites excluding steroid dienone is 2. The number of nitrogens with one attached hydrogen (secondary N) is 1. The Morgan fingerprint density at radius 1 is 0.586 bits per heavy atom. The van der Waals surface area contributed by atoms with Gasteiger partial charge in [-0.15, -0.1) is 0 Å². The summed E-state index contributed by atoms with van der Waals surface area (Å²) in [6, 6.07) is -1.17. The highest BCUT2D eigenvalue weighted by Gasteiger charge is 2.44. The average Bonchev–Trinajstić information content (AvgIpc) is 3.22. The number of hydrogen-bond donors (Lipinski definition) is 8. The van der Waals surface area contributed by atoms with E-state index < -0.39 is 74.2 Å². The molecule has 1 rings (SSSR count). The second-order valence-corrected chi connectivity index (χ2v) is 17.2. The largest absolute Gasteiger partial charge is 0.394 e. The van der Waals surface area contributed by atoms with Gasteiger partial charge in [0.2, 0.25) is 5.91 Å². The molecule has 0 aromatic carbocycles. The van der Waals surface area contributed by atoms with Gasteiger partial charge in [-0.1, -0.05) is 187 Å². The molecule has 1 heterocycles. The van der Waals surface area contributed by atoms with Crippen molar-refractivity contribution in [2.24, 2.45) is 0 Å². The molecule has 1 aliphatic heterocycles. The highest BCUT2D eigenvalue weighted by molar-refractivity contribution is 5.80. The van der Waals surface area contributed by atoms with E-state index in [1.807, 2.05) is 0 Å². The summed E-state index contributed by atoms with van der Waals surface area (Å²) in [5.74, 6) is -0.706. The zero-order valence-corrected chi connectivity index (χ0v) is 37.0. The van der Waals surface area contributed by atoms with Gasteiger partial charge < -0.3 is 50.5 Å². The van der Waals surface area contributed by atoms with E-state index in [0.29, 0.717) is 19.3 Å². The van der Waals surface area contributed by atoms with Crippen molar-refractivity contribution in [1.29, 1.82) is 0 Å². The van der Waals surface area contributed by atoms with Crippen LogP contribution in [0.5, 0.6) is 0 Å². The first kappa shape index (κ1) is 54.9. The fraction of sp³-hybridized carbons (Fsp3) is 0.936. The van der Waals surface area contributed by atoms with Gasteiger partial charge in [-0.2, -0.15) is 0 Å². The Bertz CT molecular complexity index is 954. The molecule has 1 saturated heterocycles. The standard InChI is InChI=1S/C47H91NO10/c1-3-5-7-9-11-13-15-16-17-18-19-20-21-22-23-25-26-28-30-32-34-39(50)42(52)38(37-57-47-45(55)44(54)43(53)41(36-49)58-47)48-46(56)40(51)35-33-31-29-27-24-14-12-10-8-6-4-2/h12,14,38-45,47,49-55H,3-11,13,15-37H2,1-2H3,(H,48,56)/b14-12-. The molecule has 58 heavy (non-hydrogen) atoms. The lowest BCUT2D eigenvalue weighted by Crippen LogP contribution is -2.60. The highest BCUT2D eigenvalue weighted by atomic mass is 16.7. The van der Waals surface area contributed by atoms with Gasteiger partial charge >= 0.3 is 0 Å². The van der Waals surface area contributed by atoms with Crippen molar-refractivity contribution in [1.82, 2.24) is 5.32 Å². The van der Waals surface area contributed by atoms with Gasteiger partial charge in [-0.3, -0.25) is 4.79 Å². The van der Waals surface area contributed by atoms with E-state index in [2.05, 4.69) is 31.3 Å². The van der Waals surface area contributed by atoms with Crippen LogP contribution < -0.4 is 5.32 Å². The van der Waals surface area contributed by atoms with Crippen LogP contribution in [0.3, 0.4) is 0 Å². The summed E-state index contributed by atoms with van der Waals surface area (Å²) in [6.45, 7) is 3.41. The topological polar surface area (TPSA) is 189 Å². The molecule has 344 valence electrons. The first-order valence-corrected chi connectivity index (χ1v) is 24.1. The van der Waals surface area contributed by atoms with E-state index in [4.69, 9.17) is 9.47 Å². The average molecular weight is 830 g/mol. The zero-order chi connectivity index (χ0) is 42.6. The lowest BCUT2D eigenvalue weighted by molar-refractivity contribution is -0.303. The van der Waals surface area contributed by atoms with Crippen molar-refractivity contribution in [2.45, 2.75) is 268 Å². The van der Waals surface area contributed by atoms with Gasteiger partial charge in [0.1, 0.15) is 36.6 Å². The number of carbonyl (C=O) groups excluding carboxylic acids is 1. The van der Waals surface area contributed by atoms with Gasteiger partial charge in [0.15, 0.2) is 6.29 Å². The number of unbranched alkanes of at least 4 members (excludes halogenated alkanes) is 26. The Balaban J connectivity index is 2.40. The molecule has 11 nitrogen and oxygen atoms in total. The van der Waals surface area contributed by atoms with Crippen LogP contribution in [-0.2, 0) is 14.3 Å². The highest BCUT2D eigenvalue weighted by Crippen LogP contribution is 2.23. The normalized spacial score (nSPS) is 22.0. The van der Waals surface area contributed by atoms with Crippen LogP contribution in [0.1, 0.15) is 213 Å². The SMILES string of the molecule is CCCCC/C=C\CCCCCCC(O)C(=O)NC(COC1OC(CO)C(O)C(O)C1O)C(O)C(O)CCCCCCCCCCCCCCCCCCCCCC. The maximum Gasteiger partial charge on any atom is 0.249 e. The van der Waals surface area contributed by atoms with Gasteiger partial charge in [0.05, 0.1) is 25.4 Å². The monoisotopic (exact) mass is 830 g/mol. The third-order valence-electron chi connectivity index (χ3n) is 11.8. The van der Waals surface area contributed by atoms with E-state index in [-0.39, 0.29) is 6.42 Å². The van der Waals surface area contributed by atoms with Crippen molar-refractivity contribution < 1.29 is 50.0 Å². The Labute approximate surface area is 353 Å². The third-order valence-corrected chi connectivity index (χ3v) is 11.8. The number of aliphatic hydroxyl groups is 7. The molecule has 1 fully saturated rings. The van der Waals surface area contributed by atoms with Crippen LogP contribution in [-0.4, -0.2) is 110 Å². The summed E-state index contributed by atoms with van der Waals surface area (Å²) in [6.07, 6.45) is 28.4. The second-order valence-electron chi connectivity index (χ2n) is 17.2. The van der Waals surface area contributed by atoms with Crippen molar-refractivity contribution in [3.63, 3.8) is 0 Å². The molecule has 0 spiro atoms. The lowest BCUT2D eigenvalue weighted by atomic mass is 9.98. The van der Waals surface area contributed by atoms with Gasteiger partial charge in [-0.25, -0.2) is 0 Å². The van der Waals surface area contributed by atoms with Crippen LogP contribution >= 0.6 is 0 Å². The van der Waals surface area contributed by atoms with Gasteiger partial charge in [0, 0.05) is 0 Å². The molecule has 9 unspecified atom stereocenters. The Hall–Kier alpha value is -1.15. The van der Waals surface area contributed by atoms with E-state index in [1.165, 1.54) is 122 Å². The zero-order valence-electron chi connectivity index (χ0n) is 37.0. The quantitative estimate of drug-likeness (QED) is 0.0222. The number of carbonyl (C=O) groups is 1. The summed E-state index contributed by atoms with van der Waals surface area (Å²) < 4.78 is 11.1. The van der Waals surface area contributed by atoms with Crippen molar-refractivity contribution in [2.75, 3.05) is 13.2 Å². The minimum Gasteiger partial charge on any atom is -0.394 e. The Morgan fingerprint density at radius 3 is 1.48 bits per heavy atom. The van der Waals surface area contributed by atoms with E-state index in [0.717, 1.165) is 51.4 Å².